The molecule has 0 radical (unpaired) electrons. The number of carbonyl (C=O) groups excluding carboxylic acids is 2. The van der Waals surface area contributed by atoms with Crippen molar-refractivity contribution in [2.24, 2.45) is 0 Å². The second kappa shape index (κ2) is 17.0. The molecule has 182 valence electrons. The number of aliphatic hydroxyl groups is 1. The molecule has 0 aliphatic carbocycles. The van der Waals surface area contributed by atoms with E-state index in [1.54, 1.807) is 0 Å². The summed E-state index contributed by atoms with van der Waals surface area (Å²) < 4.78 is 5.76. The summed E-state index contributed by atoms with van der Waals surface area (Å²) in [6, 6.07) is 0. The van der Waals surface area contributed by atoms with Gasteiger partial charge in [0.2, 0.25) is 0 Å². The zero-order chi connectivity index (χ0) is 23.7. The predicted molar refractivity (Wildman–Crippen MR) is 116 cm³/mol. The maximum atomic E-state index is 12.0. The zero-order valence-corrected chi connectivity index (χ0v) is 19.6. The number of rotatable bonds is 20. The van der Waals surface area contributed by atoms with E-state index >= 15 is 0 Å². The van der Waals surface area contributed by atoms with Crippen LogP contribution in [0.4, 0.5) is 0 Å². The van der Waals surface area contributed by atoms with E-state index in [4.69, 9.17) is 9.84 Å². The smallest absolute Gasteiger partial charge is 0.306 e. The van der Waals surface area contributed by atoms with Crippen LogP contribution in [0.1, 0.15) is 89.9 Å². The molecule has 0 amide bonds. The Kier molecular flexibility index (Phi) is 16.0. The fourth-order valence-electron chi connectivity index (χ4n) is 3.51. The Balaban J connectivity index is 3.77. The molecule has 8 heteroatoms. The number of nitrogens with zero attached hydrogens (tertiary/aromatic N) is 1. The number of carbonyl (C=O) groups is 3. The Hall–Kier alpha value is -1.67. The first-order valence-corrected chi connectivity index (χ1v) is 11.6. The van der Waals surface area contributed by atoms with Crippen molar-refractivity contribution in [1.29, 1.82) is 0 Å². The van der Waals surface area contributed by atoms with Gasteiger partial charge in [0.25, 0.3) is 0 Å². The van der Waals surface area contributed by atoms with Crippen LogP contribution in [-0.4, -0.2) is 72.5 Å². The maximum absolute atomic E-state index is 12.0. The van der Waals surface area contributed by atoms with Crippen LogP contribution in [0.25, 0.3) is 0 Å². The molecule has 2 atom stereocenters. The predicted octanol–water partition coefficient (Wildman–Crippen LogP) is 2.26. The highest BCUT2D eigenvalue weighted by Crippen LogP contribution is 2.14. The van der Waals surface area contributed by atoms with Crippen LogP contribution in [0, 0.1) is 0 Å². The molecule has 0 aromatic heterocycles. The molecule has 31 heavy (non-hydrogen) atoms. The molecule has 0 aromatic rings. The highest BCUT2D eigenvalue weighted by atomic mass is 16.5. The van der Waals surface area contributed by atoms with Gasteiger partial charge in [-0.3, -0.25) is 9.59 Å². The summed E-state index contributed by atoms with van der Waals surface area (Å²) >= 11 is 0. The Bertz CT molecular complexity index is 517. The van der Waals surface area contributed by atoms with Gasteiger partial charge in [-0.1, -0.05) is 51.4 Å². The summed E-state index contributed by atoms with van der Waals surface area (Å²) in [7, 11) is 5.67. The van der Waals surface area contributed by atoms with Crippen LogP contribution in [0.3, 0.4) is 0 Å². The summed E-state index contributed by atoms with van der Waals surface area (Å²) in [5.74, 6) is -2.45. The number of likely N-dealkylation sites (N-methyl/N-ethyl adjacent to an activating group) is 1. The van der Waals surface area contributed by atoms with Crippen molar-refractivity contribution in [2.45, 2.75) is 102 Å². The second-order valence-electron chi connectivity index (χ2n) is 9.47. The Morgan fingerprint density at radius 3 is 1.84 bits per heavy atom. The van der Waals surface area contributed by atoms with Crippen LogP contribution in [0.2, 0.25) is 0 Å². The summed E-state index contributed by atoms with van der Waals surface area (Å²) in [5.41, 5.74) is 0. The molecule has 8 nitrogen and oxygen atoms in total. The number of ether oxygens (including phenoxy) is 1. The van der Waals surface area contributed by atoms with Gasteiger partial charge in [0.15, 0.2) is 6.10 Å². The van der Waals surface area contributed by atoms with Crippen molar-refractivity contribution in [3.63, 3.8) is 0 Å². The topological polar surface area (TPSA) is 124 Å². The lowest BCUT2D eigenvalue weighted by molar-refractivity contribution is -0.873. The molecular formula is C23H43NO7. The van der Waals surface area contributed by atoms with Gasteiger partial charge >= 0.3 is 11.9 Å². The quantitative estimate of drug-likeness (QED) is 0.167. The third-order valence-corrected chi connectivity index (χ3v) is 5.05. The molecule has 0 bridgehead atoms. The third kappa shape index (κ3) is 21.4. The normalized spacial score (nSPS) is 13.5. The number of hydrogen-bond acceptors (Lipinski definition) is 6. The fraction of sp³-hybridized carbons (Fsp3) is 0.870. The number of unbranched alkanes of at least 4 members (excludes halogenated alkanes) is 8. The van der Waals surface area contributed by atoms with E-state index in [9.17, 15) is 24.6 Å². The molecule has 0 aliphatic rings. The lowest BCUT2D eigenvalue weighted by atomic mass is 10.0. The minimum atomic E-state index is -1.25. The van der Waals surface area contributed by atoms with Gasteiger partial charge in [0, 0.05) is 25.2 Å². The van der Waals surface area contributed by atoms with Crippen LogP contribution < -0.4 is 5.11 Å². The summed E-state index contributed by atoms with van der Waals surface area (Å²) in [4.78, 5) is 33.3. The first-order valence-electron chi connectivity index (χ1n) is 11.6. The van der Waals surface area contributed by atoms with Gasteiger partial charge in [-0.05, 0) is 19.3 Å². The number of esters is 1. The van der Waals surface area contributed by atoms with E-state index < -0.39 is 30.1 Å². The van der Waals surface area contributed by atoms with Crippen molar-refractivity contribution in [3.05, 3.63) is 0 Å². The van der Waals surface area contributed by atoms with Crippen LogP contribution in [0.15, 0.2) is 0 Å². The fourth-order valence-corrected chi connectivity index (χ4v) is 3.51. The minimum absolute atomic E-state index is 0.0732. The Morgan fingerprint density at radius 1 is 0.839 bits per heavy atom. The second-order valence-corrected chi connectivity index (χ2v) is 9.47. The molecule has 0 spiro atoms. The number of quaternary nitrogens is 1. The molecule has 0 heterocycles. The van der Waals surface area contributed by atoms with E-state index in [1.165, 1.54) is 0 Å². The first kappa shape index (κ1) is 29.3. The number of aliphatic hydroxyl groups excluding tert-OH is 1. The summed E-state index contributed by atoms with van der Waals surface area (Å²) in [5, 5.41) is 29.5. The number of hydrogen-bond donors (Lipinski definition) is 2. The van der Waals surface area contributed by atoms with E-state index in [0.29, 0.717) is 23.9 Å². The van der Waals surface area contributed by atoms with Gasteiger partial charge in [-0.2, -0.15) is 0 Å². The summed E-state index contributed by atoms with van der Waals surface area (Å²) in [6.45, 7) is 0.380. The third-order valence-electron chi connectivity index (χ3n) is 5.05. The standard InChI is InChI=1S/C23H43NO7/c1-24(2,3)18-20(17-22(28)29)31-23(30)16-15-19(25)13-11-9-7-5-4-6-8-10-12-14-21(26)27/h19-20,25H,4-18H2,1-3H3,(H-,26,27,28,29). The lowest BCUT2D eigenvalue weighted by Gasteiger charge is -2.29. The molecular weight excluding hydrogens is 402 g/mol. The molecule has 0 rings (SSSR count). The summed E-state index contributed by atoms with van der Waals surface area (Å²) in [6.07, 6.45) is 8.99. The van der Waals surface area contributed by atoms with Gasteiger partial charge in [0.1, 0.15) is 6.54 Å². The van der Waals surface area contributed by atoms with Crippen LogP contribution in [0.5, 0.6) is 0 Å². The molecule has 0 saturated heterocycles. The highest BCUT2D eigenvalue weighted by molar-refractivity contribution is 5.71. The Morgan fingerprint density at radius 2 is 1.35 bits per heavy atom. The average molecular weight is 446 g/mol. The van der Waals surface area contributed by atoms with Crippen molar-refractivity contribution in [2.75, 3.05) is 27.7 Å². The van der Waals surface area contributed by atoms with Crippen molar-refractivity contribution < 1.29 is 38.9 Å². The monoisotopic (exact) mass is 445 g/mol. The van der Waals surface area contributed by atoms with Gasteiger partial charge in [-0.15, -0.1) is 0 Å². The van der Waals surface area contributed by atoms with Crippen molar-refractivity contribution >= 4 is 17.9 Å². The molecule has 0 fully saturated rings. The molecule has 0 aliphatic heterocycles. The largest absolute Gasteiger partial charge is 0.550 e. The van der Waals surface area contributed by atoms with Gasteiger partial charge in [0.05, 0.1) is 27.2 Å². The average Bonchev–Trinajstić information content (AvgIpc) is 2.62. The number of aliphatic carboxylic acids is 2. The van der Waals surface area contributed by atoms with Crippen molar-refractivity contribution in [3.8, 4) is 0 Å². The van der Waals surface area contributed by atoms with Gasteiger partial charge < -0.3 is 29.3 Å². The van der Waals surface area contributed by atoms with E-state index in [1.807, 2.05) is 21.1 Å². The highest BCUT2D eigenvalue weighted by Gasteiger charge is 2.22. The molecule has 0 aromatic carbocycles. The number of carboxylic acid groups (broad SMARTS) is 2. The zero-order valence-electron chi connectivity index (χ0n) is 19.6. The molecule has 2 unspecified atom stereocenters. The lowest BCUT2D eigenvalue weighted by Crippen LogP contribution is -2.45. The van der Waals surface area contributed by atoms with E-state index in [0.717, 1.165) is 57.8 Å². The number of carboxylic acids is 2. The van der Waals surface area contributed by atoms with Crippen molar-refractivity contribution in [1.82, 2.24) is 0 Å². The maximum Gasteiger partial charge on any atom is 0.306 e. The first-order chi connectivity index (χ1) is 14.5. The molecule has 2 N–H and O–H groups in total. The van der Waals surface area contributed by atoms with Crippen LogP contribution >= 0.6 is 0 Å². The van der Waals surface area contributed by atoms with Gasteiger partial charge in [-0.25, -0.2) is 0 Å². The van der Waals surface area contributed by atoms with E-state index in [-0.39, 0.29) is 19.3 Å². The van der Waals surface area contributed by atoms with Crippen LogP contribution in [-0.2, 0) is 19.1 Å². The SMILES string of the molecule is C[N+](C)(C)CC(CC(=O)[O-])OC(=O)CCC(O)CCCCCCCCCCCC(=O)O. The molecule has 0 saturated carbocycles. The Labute approximate surface area is 187 Å². The van der Waals surface area contributed by atoms with E-state index in [2.05, 4.69) is 0 Å². The minimum Gasteiger partial charge on any atom is -0.550 e.